The molecule has 2 N–H and O–H groups in total. The molecular weight excluding hydrogens is 458 g/mol. The van der Waals surface area contributed by atoms with Crippen molar-refractivity contribution >= 4 is 40.2 Å². The Hall–Kier alpha value is -2.10. The van der Waals surface area contributed by atoms with Crippen LogP contribution in [0.15, 0.2) is 40.7 Å². The first kappa shape index (κ1) is 25.5. The number of rotatable bonds is 10. The summed E-state index contributed by atoms with van der Waals surface area (Å²) in [5.41, 5.74) is 1.11. The first-order valence-corrected chi connectivity index (χ1v) is 13.0. The summed E-state index contributed by atoms with van der Waals surface area (Å²) in [4.78, 5) is 30.7. The molecular formula is C24H33N3O4S2. The molecule has 0 saturated heterocycles. The van der Waals surface area contributed by atoms with Crippen molar-refractivity contribution in [3.05, 3.63) is 42.1 Å². The summed E-state index contributed by atoms with van der Waals surface area (Å²) >= 11 is 2.52. The van der Waals surface area contributed by atoms with Gasteiger partial charge >= 0.3 is 12.0 Å². The fraction of sp³-hybridized carbons (Fsp3) is 0.542. The average molecular weight is 492 g/mol. The molecule has 0 bridgehead atoms. The number of nitrogens with one attached hydrogen (secondary N) is 1. The van der Waals surface area contributed by atoms with Crippen molar-refractivity contribution in [1.29, 1.82) is 0 Å². The van der Waals surface area contributed by atoms with E-state index in [1.54, 1.807) is 20.0 Å². The molecule has 0 aliphatic heterocycles. The lowest BCUT2D eigenvalue weighted by Crippen LogP contribution is -2.46. The molecule has 33 heavy (non-hydrogen) atoms. The molecule has 0 spiro atoms. The maximum atomic E-state index is 13.2. The molecule has 1 heterocycles. The first-order chi connectivity index (χ1) is 15.7. The number of thioether (sulfide) groups is 1. The minimum atomic E-state index is -0.964. The molecule has 0 atom stereocenters. The third-order valence-electron chi connectivity index (χ3n) is 5.84. The number of benzene rings is 1. The first-order valence-electron chi connectivity index (χ1n) is 11.3. The molecule has 0 radical (unpaired) electrons. The predicted molar refractivity (Wildman–Crippen MR) is 133 cm³/mol. The number of carboxylic acids is 1. The van der Waals surface area contributed by atoms with Gasteiger partial charge < -0.3 is 14.7 Å². The second-order valence-electron chi connectivity index (χ2n) is 8.98. The Morgan fingerprint density at radius 1 is 1.24 bits per heavy atom. The molecule has 3 rings (SSSR count). The number of hydrogen-bond donors (Lipinski definition) is 2. The number of amides is 2. The van der Waals surface area contributed by atoms with Crippen LogP contribution in [-0.4, -0.2) is 50.9 Å². The van der Waals surface area contributed by atoms with Crippen molar-refractivity contribution in [2.24, 2.45) is 5.92 Å². The maximum Gasteiger partial charge on any atom is 0.323 e. The smallest absolute Gasteiger partial charge is 0.323 e. The van der Waals surface area contributed by atoms with E-state index in [9.17, 15) is 14.7 Å². The lowest BCUT2D eigenvalue weighted by Gasteiger charge is -2.36. The third kappa shape index (κ3) is 7.72. The van der Waals surface area contributed by atoms with E-state index in [2.05, 4.69) is 17.2 Å². The highest BCUT2D eigenvalue weighted by Gasteiger charge is 2.30. The molecule has 1 aliphatic carbocycles. The fourth-order valence-corrected chi connectivity index (χ4v) is 6.02. The molecule has 1 fully saturated rings. The van der Waals surface area contributed by atoms with Crippen molar-refractivity contribution in [2.45, 2.75) is 68.1 Å². The lowest BCUT2D eigenvalue weighted by molar-refractivity contribution is -0.138. The van der Waals surface area contributed by atoms with Crippen LogP contribution in [0.5, 0.6) is 0 Å². The van der Waals surface area contributed by atoms with Crippen LogP contribution in [-0.2, 0) is 16.1 Å². The molecule has 1 aromatic heterocycles. The van der Waals surface area contributed by atoms with Gasteiger partial charge in [-0.15, -0.1) is 0 Å². The summed E-state index contributed by atoms with van der Waals surface area (Å²) in [7, 11) is 0. The molecule has 1 saturated carbocycles. The zero-order valence-electron chi connectivity index (χ0n) is 19.5. The van der Waals surface area contributed by atoms with E-state index in [0.29, 0.717) is 30.8 Å². The second-order valence-corrected chi connectivity index (χ2v) is 11.9. The number of aromatic nitrogens is 1. The van der Waals surface area contributed by atoms with Crippen LogP contribution in [0.3, 0.4) is 0 Å². The van der Waals surface area contributed by atoms with Gasteiger partial charge in [0.15, 0.2) is 5.13 Å². The number of hydrogen-bond acceptors (Lipinski definition) is 6. The van der Waals surface area contributed by atoms with Gasteiger partial charge in [0.1, 0.15) is 4.75 Å². The molecule has 0 unspecified atom stereocenters. The zero-order valence-corrected chi connectivity index (χ0v) is 21.1. The standard InChI is InChI=1S/C24H33N3O4S2/c1-17-9-11-19(12-10-17)27(13-14-31-16-18-7-5-4-6-8-18)23(30)26-22-25-15-20(32-22)33-24(2,3)21(28)29/h4-8,15,17,19H,9-14,16H2,1-3H3,(H,28,29)(H,25,26,30)/t17-,19-. The van der Waals surface area contributed by atoms with E-state index >= 15 is 0 Å². The maximum absolute atomic E-state index is 13.2. The van der Waals surface area contributed by atoms with E-state index in [-0.39, 0.29) is 12.1 Å². The summed E-state index contributed by atoms with van der Waals surface area (Å²) in [6, 6.07) is 10.0. The molecule has 2 amide bonds. The number of anilines is 1. The quantitative estimate of drug-likeness (QED) is 0.326. The Kier molecular flexibility index (Phi) is 9.17. The number of carbonyl (C=O) groups is 2. The van der Waals surface area contributed by atoms with E-state index in [1.165, 1.54) is 23.1 Å². The third-order valence-corrected chi connectivity index (χ3v) is 8.04. The van der Waals surface area contributed by atoms with Gasteiger partial charge in [0.2, 0.25) is 0 Å². The van der Waals surface area contributed by atoms with Crippen LogP contribution in [0.4, 0.5) is 9.93 Å². The highest BCUT2D eigenvalue weighted by Crippen LogP contribution is 2.37. The minimum absolute atomic E-state index is 0.179. The number of thiazole rings is 1. The fourth-order valence-electron chi connectivity index (χ4n) is 3.75. The lowest BCUT2D eigenvalue weighted by atomic mass is 9.86. The molecule has 180 valence electrons. The summed E-state index contributed by atoms with van der Waals surface area (Å²) in [6.07, 6.45) is 5.81. The Morgan fingerprint density at radius 2 is 1.94 bits per heavy atom. The van der Waals surface area contributed by atoms with Crippen LogP contribution in [0.2, 0.25) is 0 Å². The van der Waals surface area contributed by atoms with Crippen LogP contribution in [0.25, 0.3) is 0 Å². The van der Waals surface area contributed by atoms with Gasteiger partial charge in [-0.25, -0.2) is 9.78 Å². The van der Waals surface area contributed by atoms with Gasteiger partial charge in [-0.1, -0.05) is 60.4 Å². The predicted octanol–water partition coefficient (Wildman–Crippen LogP) is 5.73. The van der Waals surface area contributed by atoms with Gasteiger partial charge in [0.25, 0.3) is 0 Å². The Labute approximate surface area is 203 Å². The highest BCUT2D eigenvalue weighted by atomic mass is 32.2. The van der Waals surface area contributed by atoms with E-state index in [0.717, 1.165) is 35.5 Å². The summed E-state index contributed by atoms with van der Waals surface area (Å²) in [5.74, 6) is -0.198. The van der Waals surface area contributed by atoms with Gasteiger partial charge in [-0.2, -0.15) is 0 Å². The van der Waals surface area contributed by atoms with Crippen LogP contribution >= 0.6 is 23.1 Å². The molecule has 1 aliphatic rings. The second kappa shape index (κ2) is 11.9. The van der Waals surface area contributed by atoms with Gasteiger partial charge in [-0.05, 0) is 51.0 Å². The highest BCUT2D eigenvalue weighted by molar-refractivity contribution is 8.03. The molecule has 2 aromatic rings. The van der Waals surface area contributed by atoms with E-state index in [1.807, 2.05) is 35.2 Å². The molecule has 9 heteroatoms. The topological polar surface area (TPSA) is 91.8 Å². The van der Waals surface area contributed by atoms with E-state index in [4.69, 9.17) is 4.74 Å². The summed E-state index contributed by atoms with van der Waals surface area (Å²) in [6.45, 7) is 7.05. The monoisotopic (exact) mass is 491 g/mol. The number of carboxylic acid groups (broad SMARTS) is 1. The normalized spacial score (nSPS) is 18.6. The van der Waals surface area contributed by atoms with Gasteiger partial charge in [0, 0.05) is 12.6 Å². The van der Waals surface area contributed by atoms with Crippen molar-refractivity contribution in [3.8, 4) is 0 Å². The van der Waals surface area contributed by atoms with Crippen molar-refractivity contribution in [1.82, 2.24) is 9.88 Å². The average Bonchev–Trinajstić information content (AvgIpc) is 3.21. The minimum Gasteiger partial charge on any atom is -0.480 e. The molecule has 7 nitrogen and oxygen atoms in total. The zero-order chi connectivity index (χ0) is 23.8. The van der Waals surface area contributed by atoms with Crippen molar-refractivity contribution in [3.63, 3.8) is 0 Å². The summed E-state index contributed by atoms with van der Waals surface area (Å²) in [5, 5.41) is 12.7. The van der Waals surface area contributed by atoms with Crippen LogP contribution in [0.1, 0.15) is 52.0 Å². The Bertz CT molecular complexity index is 911. The Balaban J connectivity index is 1.59. The van der Waals surface area contributed by atoms with Gasteiger partial charge in [0.05, 0.1) is 23.6 Å². The van der Waals surface area contributed by atoms with Crippen molar-refractivity contribution in [2.75, 3.05) is 18.5 Å². The van der Waals surface area contributed by atoms with Crippen LogP contribution in [0, 0.1) is 5.92 Å². The SMILES string of the molecule is CC(C)(Sc1cnc(NC(=O)N(CCOCc2ccccc2)[C@H]2CC[C@H](C)CC2)s1)C(=O)O. The number of ether oxygens (including phenoxy) is 1. The Morgan fingerprint density at radius 3 is 2.61 bits per heavy atom. The van der Waals surface area contributed by atoms with Crippen molar-refractivity contribution < 1.29 is 19.4 Å². The number of nitrogens with zero attached hydrogens (tertiary/aromatic N) is 2. The largest absolute Gasteiger partial charge is 0.480 e. The number of urea groups is 1. The number of aliphatic carboxylic acids is 1. The van der Waals surface area contributed by atoms with Gasteiger partial charge in [-0.3, -0.25) is 10.1 Å². The molecule has 1 aromatic carbocycles. The summed E-state index contributed by atoms with van der Waals surface area (Å²) < 4.78 is 5.64. The number of carbonyl (C=O) groups excluding carboxylic acids is 1. The van der Waals surface area contributed by atoms with E-state index < -0.39 is 10.7 Å². The van der Waals surface area contributed by atoms with Crippen LogP contribution < -0.4 is 5.32 Å².